The van der Waals surface area contributed by atoms with E-state index >= 15 is 0 Å². The SMILES string of the molecule is CC(C)(NC(=O)/C=C/c1ccc(Br)o1)C(=O)O. The number of carboxylic acids is 1. The number of hydrogen-bond acceptors (Lipinski definition) is 3. The first-order chi connectivity index (χ1) is 7.81. The Hall–Kier alpha value is -1.56. The van der Waals surface area contributed by atoms with Gasteiger partial charge in [0.2, 0.25) is 5.91 Å². The van der Waals surface area contributed by atoms with Crippen molar-refractivity contribution in [1.82, 2.24) is 5.32 Å². The Bertz CT molecular complexity index is 462. The summed E-state index contributed by atoms with van der Waals surface area (Å²) in [4.78, 5) is 22.2. The third-order valence-electron chi connectivity index (χ3n) is 1.96. The molecule has 0 radical (unpaired) electrons. The van der Waals surface area contributed by atoms with Gasteiger partial charge in [0.1, 0.15) is 11.3 Å². The third kappa shape index (κ3) is 4.07. The maximum Gasteiger partial charge on any atom is 0.328 e. The van der Waals surface area contributed by atoms with Crippen molar-refractivity contribution in [2.45, 2.75) is 19.4 Å². The lowest BCUT2D eigenvalue weighted by Gasteiger charge is -2.19. The number of carboxylic acid groups (broad SMARTS) is 1. The van der Waals surface area contributed by atoms with Crippen LogP contribution in [-0.4, -0.2) is 22.5 Å². The highest BCUT2D eigenvalue weighted by Gasteiger charge is 2.27. The number of carbonyl (C=O) groups excluding carboxylic acids is 1. The molecule has 1 rings (SSSR count). The highest BCUT2D eigenvalue weighted by Crippen LogP contribution is 2.15. The molecule has 0 aliphatic carbocycles. The van der Waals surface area contributed by atoms with E-state index in [9.17, 15) is 9.59 Å². The summed E-state index contributed by atoms with van der Waals surface area (Å²) < 4.78 is 5.70. The fourth-order valence-electron chi connectivity index (χ4n) is 0.979. The van der Waals surface area contributed by atoms with Crippen LogP contribution in [0.2, 0.25) is 0 Å². The Kier molecular flexibility index (Phi) is 4.11. The summed E-state index contributed by atoms with van der Waals surface area (Å²) in [5.74, 6) is -1.09. The molecule has 92 valence electrons. The van der Waals surface area contributed by atoms with Gasteiger partial charge in [0.05, 0.1) is 0 Å². The van der Waals surface area contributed by atoms with Crippen LogP contribution in [0.3, 0.4) is 0 Å². The molecule has 5 nitrogen and oxygen atoms in total. The largest absolute Gasteiger partial charge is 0.480 e. The Morgan fingerprint density at radius 1 is 1.47 bits per heavy atom. The maximum absolute atomic E-state index is 11.4. The molecule has 1 aromatic heterocycles. The van der Waals surface area contributed by atoms with Crippen LogP contribution < -0.4 is 5.32 Å². The van der Waals surface area contributed by atoms with E-state index in [-0.39, 0.29) is 0 Å². The first kappa shape index (κ1) is 13.5. The quantitative estimate of drug-likeness (QED) is 0.834. The van der Waals surface area contributed by atoms with Gasteiger partial charge in [0, 0.05) is 6.08 Å². The van der Waals surface area contributed by atoms with Crippen LogP contribution in [0.15, 0.2) is 27.3 Å². The zero-order valence-corrected chi connectivity index (χ0v) is 10.9. The predicted molar refractivity (Wildman–Crippen MR) is 65.3 cm³/mol. The lowest BCUT2D eigenvalue weighted by atomic mass is 10.1. The lowest BCUT2D eigenvalue weighted by Crippen LogP contribution is -2.49. The van der Waals surface area contributed by atoms with Crippen LogP contribution >= 0.6 is 15.9 Å². The fraction of sp³-hybridized carbons (Fsp3) is 0.273. The molecule has 6 heteroatoms. The molecule has 0 saturated carbocycles. The monoisotopic (exact) mass is 301 g/mol. The standard InChI is InChI=1S/C11H12BrNO4/c1-11(2,10(15)16)13-9(14)6-4-7-3-5-8(12)17-7/h3-6H,1-2H3,(H,13,14)(H,15,16)/b6-4+. The van der Waals surface area contributed by atoms with E-state index in [0.29, 0.717) is 10.4 Å². The fourth-order valence-corrected chi connectivity index (χ4v) is 1.30. The zero-order valence-electron chi connectivity index (χ0n) is 9.36. The van der Waals surface area contributed by atoms with E-state index in [4.69, 9.17) is 9.52 Å². The van der Waals surface area contributed by atoms with Gasteiger partial charge in [-0.3, -0.25) is 4.79 Å². The van der Waals surface area contributed by atoms with Gasteiger partial charge in [-0.25, -0.2) is 4.79 Å². The number of carbonyl (C=O) groups is 2. The van der Waals surface area contributed by atoms with E-state index in [1.54, 1.807) is 12.1 Å². The Morgan fingerprint density at radius 3 is 2.59 bits per heavy atom. The minimum atomic E-state index is -1.30. The molecule has 0 bridgehead atoms. The molecule has 1 heterocycles. The number of halogens is 1. The summed E-state index contributed by atoms with van der Waals surface area (Å²) in [5.41, 5.74) is -1.30. The molecule has 1 aromatic rings. The van der Waals surface area contributed by atoms with Gasteiger partial charge in [0.15, 0.2) is 4.67 Å². The van der Waals surface area contributed by atoms with Crippen molar-refractivity contribution in [1.29, 1.82) is 0 Å². The Labute approximate surface area is 107 Å². The van der Waals surface area contributed by atoms with Crippen LogP contribution in [-0.2, 0) is 9.59 Å². The summed E-state index contributed by atoms with van der Waals surface area (Å²) in [7, 11) is 0. The van der Waals surface area contributed by atoms with Gasteiger partial charge in [-0.1, -0.05) is 0 Å². The Morgan fingerprint density at radius 2 is 2.12 bits per heavy atom. The number of rotatable bonds is 4. The van der Waals surface area contributed by atoms with Gasteiger partial charge in [-0.05, 0) is 48.0 Å². The number of amides is 1. The van der Waals surface area contributed by atoms with Crippen LogP contribution in [0.4, 0.5) is 0 Å². The van der Waals surface area contributed by atoms with Crippen molar-refractivity contribution in [2.24, 2.45) is 0 Å². The summed E-state index contributed by atoms with van der Waals surface area (Å²) in [6.07, 6.45) is 2.67. The van der Waals surface area contributed by atoms with Gasteiger partial charge in [-0.15, -0.1) is 0 Å². The van der Waals surface area contributed by atoms with Crippen molar-refractivity contribution < 1.29 is 19.1 Å². The van der Waals surface area contributed by atoms with Crippen LogP contribution in [0.25, 0.3) is 6.08 Å². The molecule has 17 heavy (non-hydrogen) atoms. The second-order valence-electron chi connectivity index (χ2n) is 3.89. The minimum Gasteiger partial charge on any atom is -0.480 e. The smallest absolute Gasteiger partial charge is 0.328 e. The van der Waals surface area contributed by atoms with Crippen molar-refractivity contribution in [2.75, 3.05) is 0 Å². The van der Waals surface area contributed by atoms with Crippen molar-refractivity contribution in [3.05, 3.63) is 28.6 Å². The van der Waals surface area contributed by atoms with Crippen LogP contribution in [0.1, 0.15) is 19.6 Å². The number of furan rings is 1. The second kappa shape index (κ2) is 5.18. The lowest BCUT2D eigenvalue weighted by molar-refractivity contribution is -0.145. The van der Waals surface area contributed by atoms with E-state index in [2.05, 4.69) is 21.2 Å². The molecule has 0 aliphatic heterocycles. The predicted octanol–water partition coefficient (Wildman–Crippen LogP) is 2.03. The molecule has 0 fully saturated rings. The first-order valence-corrected chi connectivity index (χ1v) is 5.59. The molecule has 0 spiro atoms. The van der Waals surface area contributed by atoms with Gasteiger partial charge in [0.25, 0.3) is 0 Å². The normalized spacial score (nSPS) is 11.7. The first-order valence-electron chi connectivity index (χ1n) is 4.80. The van der Waals surface area contributed by atoms with E-state index in [0.717, 1.165) is 0 Å². The van der Waals surface area contributed by atoms with Crippen molar-refractivity contribution >= 4 is 33.9 Å². The average molecular weight is 302 g/mol. The Balaban J connectivity index is 2.61. The van der Waals surface area contributed by atoms with Gasteiger partial charge >= 0.3 is 5.97 Å². The summed E-state index contributed by atoms with van der Waals surface area (Å²) in [6.45, 7) is 2.81. The molecule has 0 atom stereocenters. The highest BCUT2D eigenvalue weighted by molar-refractivity contribution is 9.10. The molecule has 0 aliphatic rings. The number of hydrogen-bond donors (Lipinski definition) is 2. The molecular formula is C11H12BrNO4. The molecular weight excluding hydrogens is 290 g/mol. The molecule has 2 N–H and O–H groups in total. The molecule has 0 unspecified atom stereocenters. The van der Waals surface area contributed by atoms with Crippen molar-refractivity contribution in [3.63, 3.8) is 0 Å². The molecule has 0 aromatic carbocycles. The topological polar surface area (TPSA) is 79.5 Å². The van der Waals surface area contributed by atoms with E-state index in [1.807, 2.05) is 0 Å². The molecule has 0 saturated heterocycles. The highest BCUT2D eigenvalue weighted by atomic mass is 79.9. The summed E-state index contributed by atoms with van der Waals surface area (Å²) in [5, 5.41) is 11.2. The van der Waals surface area contributed by atoms with Crippen LogP contribution in [0, 0.1) is 0 Å². The summed E-state index contributed by atoms with van der Waals surface area (Å²) in [6, 6.07) is 3.37. The van der Waals surface area contributed by atoms with E-state index < -0.39 is 17.4 Å². The van der Waals surface area contributed by atoms with E-state index in [1.165, 1.54) is 26.0 Å². The van der Waals surface area contributed by atoms with Crippen LogP contribution in [0.5, 0.6) is 0 Å². The maximum atomic E-state index is 11.4. The molecule has 1 amide bonds. The summed E-state index contributed by atoms with van der Waals surface area (Å²) >= 11 is 3.13. The second-order valence-corrected chi connectivity index (χ2v) is 4.68. The van der Waals surface area contributed by atoms with Gasteiger partial charge in [-0.2, -0.15) is 0 Å². The average Bonchev–Trinajstić information content (AvgIpc) is 2.60. The van der Waals surface area contributed by atoms with Gasteiger partial charge < -0.3 is 14.8 Å². The number of aliphatic carboxylic acids is 1. The third-order valence-corrected chi connectivity index (χ3v) is 2.39. The zero-order chi connectivity index (χ0) is 13.1. The minimum absolute atomic E-state index is 0.495. The van der Waals surface area contributed by atoms with Crippen molar-refractivity contribution in [3.8, 4) is 0 Å². The number of nitrogens with one attached hydrogen (secondary N) is 1.